The first-order valence-corrected chi connectivity index (χ1v) is 5.51. The van der Waals surface area contributed by atoms with Gasteiger partial charge in [0.05, 0.1) is 0 Å². The molecule has 1 saturated heterocycles. The molecule has 0 aromatic carbocycles. The molecule has 1 amide bonds. The van der Waals surface area contributed by atoms with Crippen molar-refractivity contribution in [1.82, 2.24) is 5.32 Å². The van der Waals surface area contributed by atoms with Gasteiger partial charge in [0, 0.05) is 12.0 Å². The second-order valence-corrected chi connectivity index (χ2v) is 4.90. The maximum Gasteiger partial charge on any atom is 0.220 e. The van der Waals surface area contributed by atoms with Gasteiger partial charge in [0.25, 0.3) is 0 Å². The molecule has 74 valence electrons. The fraction of sp³-hybridized carbons (Fsp3) is 0.909. The lowest BCUT2D eigenvalue weighted by Gasteiger charge is -2.43. The van der Waals surface area contributed by atoms with E-state index >= 15 is 0 Å². The smallest absolute Gasteiger partial charge is 0.220 e. The second-order valence-electron chi connectivity index (χ2n) is 4.90. The van der Waals surface area contributed by atoms with Crippen molar-refractivity contribution < 1.29 is 4.79 Å². The molecule has 13 heavy (non-hydrogen) atoms. The molecule has 1 unspecified atom stereocenters. The van der Waals surface area contributed by atoms with Crippen molar-refractivity contribution in [2.45, 2.75) is 57.4 Å². The molecule has 2 rings (SSSR count). The average Bonchev–Trinajstić information content (AvgIpc) is 2.02. The molecule has 1 spiro atoms. The SMILES string of the molecule is CC1CC(=O)NC2(CCCCC2)C1. The van der Waals surface area contributed by atoms with Crippen LogP contribution in [0.1, 0.15) is 51.9 Å². The molecule has 1 aliphatic heterocycles. The van der Waals surface area contributed by atoms with Crippen LogP contribution < -0.4 is 5.32 Å². The minimum atomic E-state index is 0.201. The summed E-state index contributed by atoms with van der Waals surface area (Å²) in [6, 6.07) is 0. The molecular formula is C11H19NO. The zero-order valence-electron chi connectivity index (χ0n) is 8.44. The number of carbonyl (C=O) groups is 1. The van der Waals surface area contributed by atoms with E-state index in [0.717, 1.165) is 6.42 Å². The monoisotopic (exact) mass is 181 g/mol. The van der Waals surface area contributed by atoms with Gasteiger partial charge in [-0.1, -0.05) is 26.2 Å². The van der Waals surface area contributed by atoms with Crippen molar-refractivity contribution in [2.75, 3.05) is 0 Å². The summed E-state index contributed by atoms with van der Waals surface area (Å²) >= 11 is 0. The third-order valence-electron chi connectivity index (χ3n) is 3.49. The van der Waals surface area contributed by atoms with E-state index < -0.39 is 0 Å². The summed E-state index contributed by atoms with van der Waals surface area (Å²) < 4.78 is 0. The molecule has 1 atom stereocenters. The normalized spacial score (nSPS) is 33.0. The van der Waals surface area contributed by atoms with E-state index in [9.17, 15) is 4.79 Å². The minimum absolute atomic E-state index is 0.201. The number of rotatable bonds is 0. The molecule has 0 radical (unpaired) electrons. The highest BCUT2D eigenvalue weighted by molar-refractivity contribution is 5.78. The van der Waals surface area contributed by atoms with E-state index in [2.05, 4.69) is 12.2 Å². The molecule has 1 saturated carbocycles. The molecule has 0 bridgehead atoms. The highest BCUT2D eigenvalue weighted by atomic mass is 16.1. The Bertz CT molecular complexity index is 206. The highest BCUT2D eigenvalue weighted by Gasteiger charge is 2.38. The maximum absolute atomic E-state index is 11.4. The van der Waals surface area contributed by atoms with Gasteiger partial charge in [0.1, 0.15) is 0 Å². The van der Waals surface area contributed by atoms with Gasteiger partial charge in [-0.15, -0.1) is 0 Å². The summed E-state index contributed by atoms with van der Waals surface area (Å²) in [5, 5.41) is 3.22. The zero-order valence-corrected chi connectivity index (χ0v) is 8.44. The summed E-state index contributed by atoms with van der Waals surface area (Å²) in [4.78, 5) is 11.4. The van der Waals surface area contributed by atoms with Crippen molar-refractivity contribution in [2.24, 2.45) is 5.92 Å². The quantitative estimate of drug-likeness (QED) is 0.610. The summed E-state index contributed by atoms with van der Waals surface area (Å²) in [5.41, 5.74) is 0.201. The number of piperidine rings is 1. The lowest BCUT2D eigenvalue weighted by Crippen LogP contribution is -2.54. The van der Waals surface area contributed by atoms with Crippen LogP contribution in [0.15, 0.2) is 0 Å². The Balaban J connectivity index is 2.06. The van der Waals surface area contributed by atoms with Crippen LogP contribution in [0.3, 0.4) is 0 Å². The molecular weight excluding hydrogens is 162 g/mol. The van der Waals surface area contributed by atoms with Gasteiger partial charge < -0.3 is 5.32 Å². The minimum Gasteiger partial charge on any atom is -0.351 e. The highest BCUT2D eigenvalue weighted by Crippen LogP contribution is 2.36. The van der Waals surface area contributed by atoms with Crippen molar-refractivity contribution in [3.8, 4) is 0 Å². The van der Waals surface area contributed by atoms with Gasteiger partial charge in [0.15, 0.2) is 0 Å². The molecule has 1 heterocycles. The number of hydrogen-bond donors (Lipinski definition) is 1. The summed E-state index contributed by atoms with van der Waals surface area (Å²) in [6.07, 6.45) is 8.32. The largest absolute Gasteiger partial charge is 0.351 e. The Morgan fingerprint density at radius 1 is 1.31 bits per heavy atom. The Morgan fingerprint density at radius 2 is 2.00 bits per heavy atom. The van der Waals surface area contributed by atoms with E-state index in [1.807, 2.05) is 0 Å². The van der Waals surface area contributed by atoms with Crippen molar-refractivity contribution in [3.63, 3.8) is 0 Å². The van der Waals surface area contributed by atoms with Crippen LogP contribution in [-0.4, -0.2) is 11.4 Å². The van der Waals surface area contributed by atoms with Gasteiger partial charge in [-0.05, 0) is 25.2 Å². The summed E-state index contributed by atoms with van der Waals surface area (Å²) in [7, 11) is 0. The predicted octanol–water partition coefficient (Wildman–Crippen LogP) is 2.24. The van der Waals surface area contributed by atoms with Crippen LogP contribution in [-0.2, 0) is 4.79 Å². The van der Waals surface area contributed by atoms with E-state index in [-0.39, 0.29) is 11.4 Å². The number of amides is 1. The Labute approximate surface area is 80.1 Å². The zero-order chi connectivity index (χ0) is 9.31. The van der Waals surface area contributed by atoms with Crippen LogP contribution in [0.4, 0.5) is 0 Å². The van der Waals surface area contributed by atoms with Crippen LogP contribution >= 0.6 is 0 Å². The van der Waals surface area contributed by atoms with Gasteiger partial charge >= 0.3 is 0 Å². The number of nitrogens with one attached hydrogen (secondary N) is 1. The Kier molecular flexibility index (Phi) is 2.31. The lowest BCUT2D eigenvalue weighted by atomic mass is 9.73. The van der Waals surface area contributed by atoms with E-state index in [1.54, 1.807) is 0 Å². The molecule has 2 aliphatic rings. The van der Waals surface area contributed by atoms with Gasteiger partial charge in [-0.25, -0.2) is 0 Å². The molecule has 1 aliphatic carbocycles. The number of hydrogen-bond acceptors (Lipinski definition) is 1. The van der Waals surface area contributed by atoms with Crippen molar-refractivity contribution >= 4 is 5.91 Å². The number of carbonyl (C=O) groups excluding carboxylic acids is 1. The predicted molar refractivity (Wildman–Crippen MR) is 52.4 cm³/mol. The third kappa shape index (κ3) is 1.87. The van der Waals surface area contributed by atoms with Crippen LogP contribution in [0.2, 0.25) is 0 Å². The van der Waals surface area contributed by atoms with Gasteiger partial charge in [-0.2, -0.15) is 0 Å². The Hall–Kier alpha value is -0.530. The Morgan fingerprint density at radius 3 is 2.62 bits per heavy atom. The van der Waals surface area contributed by atoms with Crippen molar-refractivity contribution in [3.05, 3.63) is 0 Å². The first-order valence-electron chi connectivity index (χ1n) is 5.51. The standard InChI is InChI=1S/C11H19NO/c1-9-7-10(13)12-11(8-9)5-3-2-4-6-11/h9H,2-8H2,1H3,(H,12,13). The molecule has 0 aromatic rings. The fourth-order valence-electron chi connectivity index (χ4n) is 3.01. The summed E-state index contributed by atoms with van der Waals surface area (Å²) in [5.74, 6) is 0.868. The fourth-order valence-corrected chi connectivity index (χ4v) is 3.01. The van der Waals surface area contributed by atoms with E-state index in [4.69, 9.17) is 0 Å². The lowest BCUT2D eigenvalue weighted by molar-refractivity contribution is -0.127. The summed E-state index contributed by atoms with van der Waals surface area (Å²) in [6.45, 7) is 2.20. The van der Waals surface area contributed by atoms with Crippen molar-refractivity contribution in [1.29, 1.82) is 0 Å². The topological polar surface area (TPSA) is 29.1 Å². The maximum atomic E-state index is 11.4. The van der Waals surface area contributed by atoms with Gasteiger partial charge in [0.2, 0.25) is 5.91 Å². The van der Waals surface area contributed by atoms with Crippen LogP contribution in [0.25, 0.3) is 0 Å². The molecule has 0 aromatic heterocycles. The molecule has 2 nitrogen and oxygen atoms in total. The molecule has 2 fully saturated rings. The first-order chi connectivity index (χ1) is 6.20. The van der Waals surface area contributed by atoms with E-state index in [1.165, 1.54) is 38.5 Å². The molecule has 1 N–H and O–H groups in total. The van der Waals surface area contributed by atoms with Gasteiger partial charge in [-0.3, -0.25) is 4.79 Å². The van der Waals surface area contributed by atoms with E-state index in [0.29, 0.717) is 5.92 Å². The van der Waals surface area contributed by atoms with Crippen LogP contribution in [0, 0.1) is 5.92 Å². The molecule has 2 heteroatoms. The second kappa shape index (κ2) is 3.32. The average molecular weight is 181 g/mol. The van der Waals surface area contributed by atoms with Crippen LogP contribution in [0.5, 0.6) is 0 Å². The first kappa shape index (κ1) is 9.04. The third-order valence-corrected chi connectivity index (χ3v) is 3.49.